The number of rotatable bonds is 4. The molecule has 0 fully saturated rings. The number of carbonyl (C=O) groups is 1. The molecule has 0 saturated heterocycles. The lowest BCUT2D eigenvalue weighted by atomic mass is 10.2. The first-order chi connectivity index (χ1) is 6.15. The SMILES string of the molecule is O=C(c1ccc(Br)s1)C(Cl)CCCl. The van der Waals surface area contributed by atoms with Crippen molar-refractivity contribution in [2.45, 2.75) is 11.8 Å². The van der Waals surface area contributed by atoms with Gasteiger partial charge in [0.1, 0.15) is 0 Å². The highest BCUT2D eigenvalue weighted by Gasteiger charge is 2.18. The quantitative estimate of drug-likeness (QED) is 0.608. The molecule has 1 nitrogen and oxygen atoms in total. The van der Waals surface area contributed by atoms with Gasteiger partial charge in [0, 0.05) is 5.88 Å². The molecule has 0 aromatic carbocycles. The molecule has 5 heteroatoms. The second-order valence-electron chi connectivity index (χ2n) is 2.41. The van der Waals surface area contributed by atoms with Crippen molar-refractivity contribution < 1.29 is 4.79 Å². The van der Waals surface area contributed by atoms with Gasteiger partial charge in [-0.05, 0) is 34.5 Å². The number of alkyl halides is 2. The Kier molecular flexibility index (Phi) is 4.73. The van der Waals surface area contributed by atoms with Gasteiger partial charge in [-0.3, -0.25) is 4.79 Å². The van der Waals surface area contributed by atoms with Crippen LogP contribution in [0.2, 0.25) is 0 Å². The van der Waals surface area contributed by atoms with Crippen molar-refractivity contribution >= 4 is 56.3 Å². The van der Waals surface area contributed by atoms with Crippen LogP contribution < -0.4 is 0 Å². The normalized spacial score (nSPS) is 12.8. The van der Waals surface area contributed by atoms with Crippen molar-refractivity contribution in [1.29, 1.82) is 0 Å². The summed E-state index contributed by atoms with van der Waals surface area (Å²) in [7, 11) is 0. The Balaban J connectivity index is 2.67. The minimum absolute atomic E-state index is 0.0435. The molecule has 0 N–H and O–H groups in total. The summed E-state index contributed by atoms with van der Waals surface area (Å²) in [4.78, 5) is 12.2. The molecule has 0 aliphatic rings. The zero-order chi connectivity index (χ0) is 9.84. The highest BCUT2D eigenvalue weighted by atomic mass is 79.9. The molecule has 1 heterocycles. The number of hydrogen-bond donors (Lipinski definition) is 0. The van der Waals surface area contributed by atoms with Gasteiger partial charge in [0.25, 0.3) is 0 Å². The fourth-order valence-electron chi connectivity index (χ4n) is 0.828. The average molecular weight is 302 g/mol. The van der Waals surface area contributed by atoms with Crippen molar-refractivity contribution in [3.05, 3.63) is 20.8 Å². The summed E-state index contributed by atoms with van der Waals surface area (Å²) in [5.41, 5.74) is 0. The van der Waals surface area contributed by atoms with Crippen LogP contribution in [0.25, 0.3) is 0 Å². The topological polar surface area (TPSA) is 17.1 Å². The van der Waals surface area contributed by atoms with Crippen LogP contribution in [0.3, 0.4) is 0 Å². The van der Waals surface area contributed by atoms with E-state index in [-0.39, 0.29) is 5.78 Å². The zero-order valence-electron chi connectivity index (χ0n) is 6.60. The third-order valence-electron chi connectivity index (χ3n) is 1.46. The predicted octanol–water partition coefficient (Wildman–Crippen LogP) is 3.93. The van der Waals surface area contributed by atoms with E-state index in [0.29, 0.717) is 17.2 Å². The van der Waals surface area contributed by atoms with Gasteiger partial charge in [-0.1, -0.05) is 0 Å². The smallest absolute Gasteiger partial charge is 0.190 e. The van der Waals surface area contributed by atoms with Crippen LogP contribution >= 0.6 is 50.5 Å². The Morgan fingerprint density at radius 1 is 1.62 bits per heavy atom. The highest BCUT2D eigenvalue weighted by molar-refractivity contribution is 9.11. The second kappa shape index (κ2) is 5.35. The third kappa shape index (κ3) is 3.24. The van der Waals surface area contributed by atoms with Crippen molar-refractivity contribution in [3.8, 4) is 0 Å². The summed E-state index contributed by atoms with van der Waals surface area (Å²) in [6, 6.07) is 3.60. The van der Waals surface area contributed by atoms with E-state index in [4.69, 9.17) is 23.2 Å². The van der Waals surface area contributed by atoms with E-state index in [0.717, 1.165) is 3.79 Å². The van der Waals surface area contributed by atoms with Crippen molar-refractivity contribution in [3.63, 3.8) is 0 Å². The Labute approximate surface area is 99.2 Å². The molecule has 0 saturated carbocycles. The lowest BCUT2D eigenvalue weighted by Crippen LogP contribution is -2.13. The van der Waals surface area contributed by atoms with Gasteiger partial charge in [-0.15, -0.1) is 34.5 Å². The first-order valence-corrected chi connectivity index (χ1v) is 6.22. The predicted molar refractivity (Wildman–Crippen MR) is 61.3 cm³/mol. The van der Waals surface area contributed by atoms with Crippen LogP contribution in [0.15, 0.2) is 15.9 Å². The van der Waals surface area contributed by atoms with Crippen molar-refractivity contribution in [1.82, 2.24) is 0 Å². The number of Topliss-reactive ketones (excluding diaryl/α,β-unsaturated/α-hetero) is 1. The van der Waals surface area contributed by atoms with E-state index >= 15 is 0 Å². The van der Waals surface area contributed by atoms with E-state index in [9.17, 15) is 4.79 Å². The Morgan fingerprint density at radius 3 is 2.77 bits per heavy atom. The summed E-state index contributed by atoms with van der Waals surface area (Å²) in [6.07, 6.45) is 0.511. The average Bonchev–Trinajstić information content (AvgIpc) is 2.51. The van der Waals surface area contributed by atoms with Gasteiger partial charge in [0.2, 0.25) is 0 Å². The molecule has 0 aliphatic carbocycles. The molecule has 0 bridgehead atoms. The zero-order valence-corrected chi connectivity index (χ0v) is 10.5. The van der Waals surface area contributed by atoms with Crippen LogP contribution in [-0.2, 0) is 0 Å². The maximum Gasteiger partial charge on any atom is 0.190 e. The lowest BCUT2D eigenvalue weighted by molar-refractivity contribution is 0.0990. The lowest BCUT2D eigenvalue weighted by Gasteiger charge is -2.02. The maximum absolute atomic E-state index is 11.5. The molecule has 1 unspecified atom stereocenters. The monoisotopic (exact) mass is 300 g/mol. The molecular weight excluding hydrogens is 295 g/mol. The van der Waals surface area contributed by atoms with E-state index < -0.39 is 5.38 Å². The maximum atomic E-state index is 11.5. The van der Waals surface area contributed by atoms with E-state index in [1.807, 2.05) is 6.07 Å². The Bertz CT molecular complexity index is 300. The van der Waals surface area contributed by atoms with Gasteiger partial charge in [0.15, 0.2) is 5.78 Å². The van der Waals surface area contributed by atoms with Gasteiger partial charge >= 0.3 is 0 Å². The molecule has 0 radical (unpaired) electrons. The van der Waals surface area contributed by atoms with Crippen LogP contribution in [0.4, 0.5) is 0 Å². The van der Waals surface area contributed by atoms with Crippen LogP contribution in [0.1, 0.15) is 16.1 Å². The molecule has 0 aliphatic heterocycles. The number of ketones is 1. The van der Waals surface area contributed by atoms with Crippen LogP contribution in [-0.4, -0.2) is 17.0 Å². The summed E-state index contributed by atoms with van der Waals surface area (Å²) >= 11 is 16.0. The molecule has 1 aromatic heterocycles. The Morgan fingerprint density at radius 2 is 2.31 bits per heavy atom. The van der Waals surface area contributed by atoms with Crippen molar-refractivity contribution in [2.75, 3.05) is 5.88 Å². The summed E-state index contributed by atoms with van der Waals surface area (Å²) in [5.74, 6) is 0.366. The molecule has 13 heavy (non-hydrogen) atoms. The number of carbonyl (C=O) groups excluding carboxylic acids is 1. The number of hydrogen-bond acceptors (Lipinski definition) is 2. The van der Waals surface area contributed by atoms with Gasteiger partial charge in [-0.2, -0.15) is 0 Å². The van der Waals surface area contributed by atoms with Gasteiger partial charge in [-0.25, -0.2) is 0 Å². The van der Waals surface area contributed by atoms with Crippen LogP contribution in [0.5, 0.6) is 0 Å². The first-order valence-electron chi connectivity index (χ1n) is 3.64. The van der Waals surface area contributed by atoms with Gasteiger partial charge < -0.3 is 0 Å². The van der Waals surface area contributed by atoms with E-state index in [2.05, 4.69) is 15.9 Å². The largest absolute Gasteiger partial charge is 0.292 e. The second-order valence-corrected chi connectivity index (χ2v) is 5.78. The molecule has 0 spiro atoms. The molecule has 0 amide bonds. The molecular formula is C8H7BrCl2OS. The molecule has 1 aromatic rings. The summed E-state index contributed by atoms with van der Waals surface area (Å²) in [6.45, 7) is 0. The van der Waals surface area contributed by atoms with Crippen molar-refractivity contribution in [2.24, 2.45) is 0 Å². The number of halogens is 3. The van der Waals surface area contributed by atoms with Gasteiger partial charge in [0.05, 0.1) is 14.0 Å². The van der Waals surface area contributed by atoms with E-state index in [1.54, 1.807) is 6.07 Å². The highest BCUT2D eigenvalue weighted by Crippen LogP contribution is 2.24. The minimum atomic E-state index is -0.497. The Hall–Kier alpha value is 0.430. The first kappa shape index (κ1) is 11.5. The standard InChI is InChI=1S/C8H7BrCl2OS/c9-7-2-1-6(13-7)8(12)5(11)3-4-10/h1-2,5H,3-4H2. The third-order valence-corrected chi connectivity index (χ3v) is 3.74. The van der Waals surface area contributed by atoms with E-state index in [1.165, 1.54) is 11.3 Å². The summed E-state index contributed by atoms with van der Waals surface area (Å²) in [5, 5.41) is -0.497. The fourth-order valence-corrected chi connectivity index (χ4v) is 2.83. The number of thiophene rings is 1. The molecule has 1 atom stereocenters. The van der Waals surface area contributed by atoms with Crippen LogP contribution in [0, 0.1) is 0 Å². The summed E-state index contributed by atoms with van der Waals surface area (Å²) < 4.78 is 0.936. The molecule has 1 rings (SSSR count). The molecule has 72 valence electrons. The fraction of sp³-hybridized carbons (Fsp3) is 0.375. The minimum Gasteiger partial charge on any atom is -0.292 e.